The third-order valence-electron chi connectivity index (χ3n) is 5.82. The number of benzene rings is 2. The van der Waals surface area contributed by atoms with E-state index in [9.17, 15) is 26.4 Å². The normalized spacial score (nSPS) is 15.2. The molecule has 40 heavy (non-hydrogen) atoms. The molecule has 1 aliphatic heterocycles. The van der Waals surface area contributed by atoms with E-state index in [1.54, 1.807) is 51.1 Å². The van der Waals surface area contributed by atoms with E-state index >= 15 is 4.39 Å². The lowest BCUT2D eigenvalue weighted by Crippen LogP contribution is -2.54. The lowest BCUT2D eigenvalue weighted by Gasteiger charge is -2.37. The minimum Gasteiger partial charge on any atom is -0.444 e. The van der Waals surface area contributed by atoms with E-state index in [2.05, 4.69) is 14.6 Å². The molecule has 0 atom stereocenters. The first-order valence-electron chi connectivity index (χ1n) is 12.2. The van der Waals surface area contributed by atoms with Gasteiger partial charge in [-0.05, 0) is 45.0 Å². The molecule has 2 aromatic carbocycles. The number of aromatic nitrogens is 2. The van der Waals surface area contributed by atoms with Crippen LogP contribution in [-0.2, 0) is 27.7 Å². The van der Waals surface area contributed by atoms with Crippen molar-refractivity contribution in [2.24, 2.45) is 0 Å². The Labute approximate surface area is 228 Å². The predicted octanol–water partition coefficient (Wildman–Crippen LogP) is 4.70. The van der Waals surface area contributed by atoms with Crippen molar-refractivity contribution >= 4 is 22.0 Å². The summed E-state index contributed by atoms with van der Waals surface area (Å²) >= 11 is 0. The maximum absolute atomic E-state index is 15.2. The molecule has 0 bridgehead atoms. The Morgan fingerprint density at radius 1 is 1.02 bits per heavy atom. The highest BCUT2D eigenvalue weighted by Crippen LogP contribution is 2.31. The smallest absolute Gasteiger partial charge is 0.444 e. The van der Waals surface area contributed by atoms with Crippen molar-refractivity contribution in [1.82, 2.24) is 19.4 Å². The Morgan fingerprint density at radius 2 is 1.68 bits per heavy atom. The first-order chi connectivity index (χ1) is 18.6. The number of alkyl halides is 3. The molecule has 3 aromatic rings. The topological polar surface area (TPSA) is 109 Å². The summed E-state index contributed by atoms with van der Waals surface area (Å²) in [5.74, 6) is -2.98. The molecule has 2 heterocycles. The average molecular weight is 586 g/mol. The monoisotopic (exact) mass is 585 g/mol. The molecule has 4 rings (SSSR count). The van der Waals surface area contributed by atoms with Crippen LogP contribution >= 0.6 is 0 Å². The maximum Gasteiger partial charge on any atom is 0.470 e. The van der Waals surface area contributed by atoms with Crippen molar-refractivity contribution in [3.05, 3.63) is 65.8 Å². The Hall–Kier alpha value is -3.72. The number of piperazine rings is 1. The second-order valence-corrected chi connectivity index (χ2v) is 11.8. The van der Waals surface area contributed by atoms with Gasteiger partial charge in [-0.3, -0.25) is 4.31 Å². The van der Waals surface area contributed by atoms with E-state index in [-0.39, 0.29) is 43.0 Å². The van der Waals surface area contributed by atoms with Crippen molar-refractivity contribution in [3.63, 3.8) is 0 Å². The van der Waals surface area contributed by atoms with Gasteiger partial charge in [-0.2, -0.15) is 25.9 Å². The molecule has 216 valence electrons. The molecule has 1 aromatic heterocycles. The highest BCUT2D eigenvalue weighted by molar-refractivity contribution is 7.90. The van der Waals surface area contributed by atoms with E-state index in [0.717, 1.165) is 10.4 Å². The van der Waals surface area contributed by atoms with E-state index in [1.165, 1.54) is 21.3 Å². The van der Waals surface area contributed by atoms with Gasteiger partial charge in [0.1, 0.15) is 11.4 Å². The standard InChI is InChI=1S/C25H27F4N5O5S/c1-24(2,3)39-23(35)32-11-13-33(14-12-32)40(36,37)34(19-7-5-4-6-8-19)16-18-10-9-17(15-20(18)26)21-30-31-22(38-21)25(27,28)29/h4-10,15H,11-14,16H2,1-3H3. The summed E-state index contributed by atoms with van der Waals surface area (Å²) in [4.78, 5) is 13.8. The van der Waals surface area contributed by atoms with Gasteiger partial charge in [-0.1, -0.05) is 24.3 Å². The first kappa shape index (κ1) is 29.3. The summed E-state index contributed by atoms with van der Waals surface area (Å²) in [6, 6.07) is 11.5. The zero-order valence-corrected chi connectivity index (χ0v) is 22.7. The molecule has 0 radical (unpaired) electrons. The second-order valence-electron chi connectivity index (χ2n) is 9.93. The van der Waals surface area contributed by atoms with Gasteiger partial charge in [0.15, 0.2) is 0 Å². The highest BCUT2D eigenvalue weighted by Gasteiger charge is 2.38. The minimum absolute atomic E-state index is 0.00890. The fourth-order valence-corrected chi connectivity index (χ4v) is 5.48. The van der Waals surface area contributed by atoms with Crippen LogP contribution in [0.1, 0.15) is 32.2 Å². The van der Waals surface area contributed by atoms with Crippen molar-refractivity contribution in [2.45, 2.75) is 39.1 Å². The number of nitrogens with zero attached hydrogens (tertiary/aromatic N) is 5. The number of carbonyl (C=O) groups excluding carboxylic acids is 1. The Balaban J connectivity index is 1.56. The van der Waals surface area contributed by atoms with Gasteiger partial charge in [0.05, 0.1) is 12.2 Å². The van der Waals surface area contributed by atoms with Gasteiger partial charge >= 0.3 is 28.4 Å². The lowest BCUT2D eigenvalue weighted by atomic mass is 10.1. The van der Waals surface area contributed by atoms with Crippen LogP contribution in [0, 0.1) is 5.82 Å². The van der Waals surface area contributed by atoms with Crippen LogP contribution in [0.25, 0.3) is 11.5 Å². The van der Waals surface area contributed by atoms with Crippen LogP contribution in [0.2, 0.25) is 0 Å². The van der Waals surface area contributed by atoms with Gasteiger partial charge in [0, 0.05) is 37.3 Å². The van der Waals surface area contributed by atoms with Gasteiger partial charge in [-0.25, -0.2) is 9.18 Å². The summed E-state index contributed by atoms with van der Waals surface area (Å²) in [7, 11) is -4.20. The Morgan fingerprint density at radius 3 is 2.23 bits per heavy atom. The number of hydrogen-bond acceptors (Lipinski definition) is 7. The van der Waals surface area contributed by atoms with E-state index in [0.29, 0.717) is 0 Å². The van der Waals surface area contributed by atoms with Crippen LogP contribution in [0.5, 0.6) is 0 Å². The Bertz CT molecular complexity index is 1450. The molecule has 0 saturated carbocycles. The molecule has 1 aliphatic rings. The molecule has 1 fully saturated rings. The fourth-order valence-electron chi connectivity index (χ4n) is 3.89. The zero-order chi connectivity index (χ0) is 29.3. The van der Waals surface area contributed by atoms with E-state index < -0.39 is 52.2 Å². The van der Waals surface area contributed by atoms with E-state index in [4.69, 9.17) is 4.74 Å². The van der Waals surface area contributed by atoms with Crippen LogP contribution in [-0.4, -0.2) is 65.7 Å². The zero-order valence-electron chi connectivity index (χ0n) is 21.9. The third-order valence-corrected chi connectivity index (χ3v) is 7.74. The van der Waals surface area contributed by atoms with Crippen molar-refractivity contribution in [3.8, 4) is 11.5 Å². The number of halogens is 4. The molecule has 10 nitrogen and oxygen atoms in total. The number of para-hydroxylation sites is 1. The van der Waals surface area contributed by atoms with Crippen molar-refractivity contribution in [1.29, 1.82) is 0 Å². The number of hydrogen-bond donors (Lipinski definition) is 0. The molecule has 1 amide bonds. The van der Waals surface area contributed by atoms with Gasteiger partial charge in [0.25, 0.3) is 0 Å². The maximum atomic E-state index is 15.2. The molecule has 0 spiro atoms. The summed E-state index contributed by atoms with van der Waals surface area (Å²) in [6.45, 7) is 4.97. The van der Waals surface area contributed by atoms with Crippen molar-refractivity contribution in [2.75, 3.05) is 30.5 Å². The van der Waals surface area contributed by atoms with Crippen LogP contribution < -0.4 is 4.31 Å². The first-order valence-corrected chi connectivity index (χ1v) is 13.5. The Kier molecular flexibility index (Phi) is 8.08. The third kappa shape index (κ3) is 6.70. The molecular formula is C25H27F4N5O5S. The number of anilines is 1. The summed E-state index contributed by atoms with van der Waals surface area (Å²) in [6.07, 6.45) is -5.40. The summed E-state index contributed by atoms with van der Waals surface area (Å²) in [5.41, 5.74) is -0.572. The molecule has 0 N–H and O–H groups in total. The molecule has 0 aliphatic carbocycles. The predicted molar refractivity (Wildman–Crippen MR) is 136 cm³/mol. The van der Waals surface area contributed by atoms with Crippen LogP contribution in [0.3, 0.4) is 0 Å². The van der Waals surface area contributed by atoms with E-state index in [1.807, 2.05) is 0 Å². The largest absolute Gasteiger partial charge is 0.470 e. The molecule has 15 heteroatoms. The number of amides is 1. The van der Waals surface area contributed by atoms with Gasteiger partial charge in [-0.15, -0.1) is 10.2 Å². The van der Waals surface area contributed by atoms with Gasteiger partial charge < -0.3 is 14.1 Å². The van der Waals surface area contributed by atoms with Crippen LogP contribution in [0.15, 0.2) is 52.9 Å². The van der Waals surface area contributed by atoms with Crippen molar-refractivity contribution < 1.29 is 39.9 Å². The summed E-state index contributed by atoms with van der Waals surface area (Å²) in [5, 5.41) is 6.25. The van der Waals surface area contributed by atoms with Gasteiger partial charge in [0.2, 0.25) is 5.89 Å². The second kappa shape index (κ2) is 11.0. The summed E-state index contributed by atoms with van der Waals surface area (Å²) < 4.78 is 93.2. The fraction of sp³-hybridized carbons (Fsp3) is 0.400. The molecular weight excluding hydrogens is 558 g/mol. The van der Waals surface area contributed by atoms with Crippen LogP contribution in [0.4, 0.5) is 28.0 Å². The number of rotatable bonds is 6. The quantitative estimate of drug-likeness (QED) is 0.386. The highest BCUT2D eigenvalue weighted by atomic mass is 32.2. The minimum atomic E-state index is -4.85. The molecule has 0 unspecified atom stereocenters. The SMILES string of the molecule is CC(C)(C)OC(=O)N1CCN(S(=O)(=O)N(Cc2ccc(-c3nnc(C(F)(F)F)o3)cc2F)c2ccccc2)CC1. The average Bonchev–Trinajstić information content (AvgIpc) is 3.39. The lowest BCUT2D eigenvalue weighted by molar-refractivity contribution is -0.156. The number of ether oxygens (including phenoxy) is 1. The molecule has 1 saturated heterocycles. The number of carbonyl (C=O) groups is 1.